The summed E-state index contributed by atoms with van der Waals surface area (Å²) in [6, 6.07) is 26.1. The monoisotopic (exact) mass is 516 g/mol. The van der Waals surface area contributed by atoms with Crippen LogP contribution in [0.2, 0.25) is 0 Å². The van der Waals surface area contributed by atoms with Gasteiger partial charge in [-0.25, -0.2) is 13.1 Å². The third kappa shape index (κ3) is 7.41. The standard InChI is InChI=1S/C31H36N2O3S/c1-24-15-21-29(22-16-24)37(34,35)33-31(27-13-7-4-8-14-27)30(26-11-5-3-6-12-26)32-23-9-10-25-17-19-28(36-2)20-18-25/h3-8,11-17,20-22,30-33H,9-10,18-19,23H2,1-2H3. The van der Waals surface area contributed by atoms with Crippen molar-refractivity contribution < 1.29 is 13.2 Å². The van der Waals surface area contributed by atoms with E-state index in [1.165, 1.54) is 5.57 Å². The molecule has 0 saturated carbocycles. The first-order chi connectivity index (χ1) is 18.0. The van der Waals surface area contributed by atoms with Gasteiger partial charge in [0, 0.05) is 6.42 Å². The highest BCUT2D eigenvalue weighted by Gasteiger charge is 2.29. The van der Waals surface area contributed by atoms with Crippen molar-refractivity contribution in [3.63, 3.8) is 0 Å². The van der Waals surface area contributed by atoms with Gasteiger partial charge >= 0.3 is 0 Å². The lowest BCUT2D eigenvalue weighted by atomic mass is 9.93. The largest absolute Gasteiger partial charge is 0.501 e. The average molecular weight is 517 g/mol. The molecule has 0 saturated heterocycles. The average Bonchev–Trinajstić information content (AvgIpc) is 2.93. The van der Waals surface area contributed by atoms with Crippen LogP contribution in [0.15, 0.2) is 113 Å². The van der Waals surface area contributed by atoms with Gasteiger partial charge in [0.2, 0.25) is 10.0 Å². The van der Waals surface area contributed by atoms with E-state index in [-0.39, 0.29) is 10.9 Å². The van der Waals surface area contributed by atoms with Crippen LogP contribution in [0, 0.1) is 6.92 Å². The molecule has 5 nitrogen and oxygen atoms in total. The Balaban J connectivity index is 1.55. The van der Waals surface area contributed by atoms with Gasteiger partial charge in [-0.3, -0.25) is 0 Å². The van der Waals surface area contributed by atoms with Gasteiger partial charge in [-0.1, -0.05) is 90.0 Å². The Bertz CT molecular complexity index is 1300. The van der Waals surface area contributed by atoms with Gasteiger partial charge in [0.1, 0.15) is 0 Å². The summed E-state index contributed by atoms with van der Waals surface area (Å²) < 4.78 is 35.3. The topological polar surface area (TPSA) is 67.4 Å². The zero-order valence-electron chi connectivity index (χ0n) is 21.6. The highest BCUT2D eigenvalue weighted by atomic mass is 32.2. The first kappa shape index (κ1) is 26.9. The maximum Gasteiger partial charge on any atom is 0.241 e. The Morgan fingerprint density at radius 3 is 2.00 bits per heavy atom. The highest BCUT2D eigenvalue weighted by molar-refractivity contribution is 7.89. The Kier molecular flexibility index (Phi) is 9.34. The number of aryl methyl sites for hydroxylation is 1. The van der Waals surface area contributed by atoms with Crippen LogP contribution in [-0.4, -0.2) is 22.1 Å². The molecule has 0 bridgehead atoms. The second kappa shape index (κ2) is 12.9. The number of benzene rings is 3. The van der Waals surface area contributed by atoms with Crippen molar-refractivity contribution in [2.75, 3.05) is 13.7 Å². The fraction of sp³-hybridized carbons (Fsp3) is 0.290. The fourth-order valence-corrected chi connectivity index (χ4v) is 5.87. The van der Waals surface area contributed by atoms with Crippen LogP contribution in [0.25, 0.3) is 0 Å². The smallest absolute Gasteiger partial charge is 0.241 e. The van der Waals surface area contributed by atoms with Crippen molar-refractivity contribution in [3.8, 4) is 0 Å². The summed E-state index contributed by atoms with van der Waals surface area (Å²) in [7, 11) is -2.03. The number of hydrogen-bond donors (Lipinski definition) is 2. The van der Waals surface area contributed by atoms with E-state index in [1.54, 1.807) is 19.2 Å². The fourth-order valence-electron chi connectivity index (χ4n) is 4.63. The molecule has 2 unspecified atom stereocenters. The Hall–Kier alpha value is -3.19. The molecule has 0 amide bonds. The Labute approximate surface area is 221 Å². The van der Waals surface area contributed by atoms with Crippen molar-refractivity contribution in [3.05, 3.63) is 125 Å². The lowest BCUT2D eigenvalue weighted by Gasteiger charge is -2.30. The molecule has 0 fully saturated rings. The number of hydrogen-bond acceptors (Lipinski definition) is 4. The number of rotatable bonds is 12. The van der Waals surface area contributed by atoms with Crippen molar-refractivity contribution in [1.82, 2.24) is 10.0 Å². The number of allylic oxidation sites excluding steroid dienone is 3. The van der Waals surface area contributed by atoms with Crippen LogP contribution in [0.4, 0.5) is 0 Å². The van der Waals surface area contributed by atoms with E-state index in [2.05, 4.69) is 34.3 Å². The second-order valence-electron chi connectivity index (χ2n) is 9.41. The summed E-state index contributed by atoms with van der Waals surface area (Å²) in [5.41, 5.74) is 4.38. The van der Waals surface area contributed by atoms with E-state index in [9.17, 15) is 8.42 Å². The molecule has 2 atom stereocenters. The number of ether oxygens (including phenoxy) is 1. The molecule has 0 heterocycles. The van der Waals surface area contributed by atoms with E-state index < -0.39 is 16.1 Å². The zero-order valence-corrected chi connectivity index (χ0v) is 22.4. The lowest BCUT2D eigenvalue weighted by Crippen LogP contribution is -2.39. The molecule has 6 heteroatoms. The number of sulfonamides is 1. The van der Waals surface area contributed by atoms with Crippen LogP contribution in [0.1, 0.15) is 54.5 Å². The number of nitrogens with one attached hydrogen (secondary N) is 2. The molecule has 1 aliphatic rings. The molecule has 194 valence electrons. The van der Waals surface area contributed by atoms with Gasteiger partial charge < -0.3 is 10.1 Å². The molecule has 2 N–H and O–H groups in total. The summed E-state index contributed by atoms with van der Waals surface area (Å²) in [5, 5.41) is 3.68. The SMILES string of the molecule is COC1=CCC(CCCNC(c2ccccc2)C(NS(=O)(=O)c2ccc(C)cc2)c2ccccc2)=CC1. The molecular formula is C31H36N2O3S. The zero-order chi connectivity index (χ0) is 26.1. The van der Waals surface area contributed by atoms with Crippen LogP contribution >= 0.6 is 0 Å². The van der Waals surface area contributed by atoms with Crippen LogP contribution < -0.4 is 10.0 Å². The maximum atomic E-state index is 13.5. The molecule has 0 aliphatic heterocycles. The summed E-state index contributed by atoms with van der Waals surface area (Å²) in [6.07, 6.45) is 8.14. The van der Waals surface area contributed by atoms with Crippen molar-refractivity contribution in [1.29, 1.82) is 0 Å². The molecule has 0 aromatic heterocycles. The minimum Gasteiger partial charge on any atom is -0.501 e. The Morgan fingerprint density at radius 2 is 1.43 bits per heavy atom. The van der Waals surface area contributed by atoms with Crippen LogP contribution in [0.3, 0.4) is 0 Å². The number of methoxy groups -OCH3 is 1. The van der Waals surface area contributed by atoms with E-state index >= 15 is 0 Å². The van der Waals surface area contributed by atoms with Crippen molar-refractivity contribution >= 4 is 10.0 Å². The predicted octanol–water partition coefficient (Wildman–Crippen LogP) is 6.38. The third-order valence-electron chi connectivity index (χ3n) is 6.75. The maximum absolute atomic E-state index is 13.5. The first-order valence-corrected chi connectivity index (χ1v) is 14.3. The van der Waals surface area contributed by atoms with E-state index in [0.29, 0.717) is 0 Å². The van der Waals surface area contributed by atoms with Gasteiger partial charge in [0.05, 0.1) is 29.8 Å². The minimum absolute atomic E-state index is 0.246. The molecule has 0 radical (unpaired) electrons. The molecule has 3 aromatic carbocycles. The molecule has 3 aromatic rings. The Morgan fingerprint density at radius 1 is 0.811 bits per heavy atom. The van der Waals surface area contributed by atoms with E-state index in [0.717, 1.165) is 54.7 Å². The van der Waals surface area contributed by atoms with Gasteiger partial charge in [-0.15, -0.1) is 0 Å². The van der Waals surface area contributed by atoms with Gasteiger partial charge in [-0.2, -0.15) is 0 Å². The summed E-state index contributed by atoms with van der Waals surface area (Å²) in [5.74, 6) is 1.03. The van der Waals surface area contributed by atoms with Crippen LogP contribution in [-0.2, 0) is 14.8 Å². The lowest BCUT2D eigenvalue weighted by molar-refractivity contribution is 0.281. The summed E-state index contributed by atoms with van der Waals surface area (Å²) in [4.78, 5) is 0.263. The third-order valence-corrected chi connectivity index (χ3v) is 8.21. The van der Waals surface area contributed by atoms with Gasteiger partial charge in [0.15, 0.2) is 0 Å². The molecule has 37 heavy (non-hydrogen) atoms. The summed E-state index contributed by atoms with van der Waals surface area (Å²) in [6.45, 7) is 2.70. The summed E-state index contributed by atoms with van der Waals surface area (Å²) >= 11 is 0. The van der Waals surface area contributed by atoms with Gasteiger partial charge in [0.25, 0.3) is 0 Å². The van der Waals surface area contributed by atoms with Crippen molar-refractivity contribution in [2.24, 2.45) is 0 Å². The van der Waals surface area contributed by atoms with E-state index in [4.69, 9.17) is 4.74 Å². The molecule has 0 spiro atoms. The van der Waals surface area contributed by atoms with Crippen LogP contribution in [0.5, 0.6) is 0 Å². The second-order valence-corrected chi connectivity index (χ2v) is 11.1. The quantitative estimate of drug-likeness (QED) is 0.217. The predicted molar refractivity (Wildman–Crippen MR) is 150 cm³/mol. The van der Waals surface area contributed by atoms with E-state index in [1.807, 2.05) is 67.6 Å². The highest BCUT2D eigenvalue weighted by Crippen LogP contribution is 2.31. The van der Waals surface area contributed by atoms with Crippen molar-refractivity contribution in [2.45, 2.75) is 49.6 Å². The van der Waals surface area contributed by atoms with Gasteiger partial charge in [-0.05, 0) is 62.1 Å². The normalized spacial score (nSPS) is 15.4. The first-order valence-electron chi connectivity index (χ1n) is 12.8. The molecule has 4 rings (SSSR count). The molecule has 1 aliphatic carbocycles. The minimum atomic E-state index is -3.75. The molecular weight excluding hydrogens is 480 g/mol.